The molecule has 1 aliphatic heterocycles. The molecule has 21 heavy (non-hydrogen) atoms. The highest BCUT2D eigenvalue weighted by atomic mass is 16.2. The molecular formula is C15H18N4O2. The van der Waals surface area contributed by atoms with E-state index in [4.69, 9.17) is 0 Å². The molecule has 0 aliphatic carbocycles. The molecule has 1 aliphatic rings. The number of aromatic nitrogens is 2. The van der Waals surface area contributed by atoms with Gasteiger partial charge in [-0.05, 0) is 12.1 Å². The lowest BCUT2D eigenvalue weighted by Crippen LogP contribution is -2.49. The zero-order chi connectivity index (χ0) is 14.7. The van der Waals surface area contributed by atoms with E-state index in [1.807, 2.05) is 23.1 Å². The van der Waals surface area contributed by atoms with Gasteiger partial charge in [0.25, 0.3) is 5.56 Å². The monoisotopic (exact) mass is 286 g/mol. The maximum absolute atomic E-state index is 12.2. The Labute approximate surface area is 122 Å². The van der Waals surface area contributed by atoms with Crippen molar-refractivity contribution in [2.45, 2.75) is 6.42 Å². The zero-order valence-corrected chi connectivity index (χ0v) is 11.7. The van der Waals surface area contributed by atoms with E-state index in [2.05, 4.69) is 27.2 Å². The highest BCUT2D eigenvalue weighted by Gasteiger charge is 2.21. The number of para-hydroxylation sites is 1. The second-order valence-corrected chi connectivity index (χ2v) is 5.16. The summed E-state index contributed by atoms with van der Waals surface area (Å²) in [6.07, 6.45) is 0.240. The molecule has 1 aromatic carbocycles. The van der Waals surface area contributed by atoms with Crippen molar-refractivity contribution >= 4 is 11.6 Å². The van der Waals surface area contributed by atoms with Crippen molar-refractivity contribution < 1.29 is 4.79 Å². The van der Waals surface area contributed by atoms with E-state index >= 15 is 0 Å². The van der Waals surface area contributed by atoms with Gasteiger partial charge in [-0.25, -0.2) is 0 Å². The zero-order valence-electron chi connectivity index (χ0n) is 11.7. The molecule has 0 unspecified atom stereocenters. The second kappa shape index (κ2) is 5.87. The molecule has 1 aromatic heterocycles. The van der Waals surface area contributed by atoms with Crippen LogP contribution in [0.5, 0.6) is 0 Å². The second-order valence-electron chi connectivity index (χ2n) is 5.16. The maximum atomic E-state index is 12.2. The first-order valence-corrected chi connectivity index (χ1v) is 7.07. The number of carbonyl (C=O) groups excluding carboxylic acids is 1. The summed E-state index contributed by atoms with van der Waals surface area (Å²) in [4.78, 5) is 27.4. The number of anilines is 1. The molecule has 110 valence electrons. The molecule has 0 spiro atoms. The van der Waals surface area contributed by atoms with Crippen molar-refractivity contribution in [3.05, 3.63) is 52.4 Å². The van der Waals surface area contributed by atoms with Crippen LogP contribution < -0.4 is 10.5 Å². The summed E-state index contributed by atoms with van der Waals surface area (Å²) in [6, 6.07) is 11.6. The summed E-state index contributed by atoms with van der Waals surface area (Å²) in [7, 11) is 0. The third kappa shape index (κ3) is 3.16. The number of nitrogens with one attached hydrogen (secondary N) is 2. The number of nitrogens with zero attached hydrogens (tertiary/aromatic N) is 2. The Morgan fingerprint density at radius 3 is 2.38 bits per heavy atom. The van der Waals surface area contributed by atoms with Gasteiger partial charge in [0.15, 0.2) is 0 Å². The van der Waals surface area contributed by atoms with Crippen LogP contribution in [0.3, 0.4) is 0 Å². The number of piperazine rings is 1. The molecule has 2 heterocycles. The lowest BCUT2D eigenvalue weighted by Gasteiger charge is -2.36. The van der Waals surface area contributed by atoms with Crippen LogP contribution >= 0.6 is 0 Å². The van der Waals surface area contributed by atoms with Crippen molar-refractivity contribution in [1.82, 2.24) is 15.1 Å². The molecular weight excluding hydrogens is 268 g/mol. The fourth-order valence-electron chi connectivity index (χ4n) is 2.60. The number of hydrogen-bond donors (Lipinski definition) is 2. The SMILES string of the molecule is O=C(Cc1cc(=O)[nH][nH]1)N1CCN(c2ccccc2)CC1. The molecule has 6 nitrogen and oxygen atoms in total. The summed E-state index contributed by atoms with van der Waals surface area (Å²) >= 11 is 0. The topological polar surface area (TPSA) is 72.2 Å². The molecule has 1 amide bonds. The van der Waals surface area contributed by atoms with Gasteiger partial charge in [-0.3, -0.25) is 14.7 Å². The van der Waals surface area contributed by atoms with E-state index in [9.17, 15) is 9.59 Å². The number of carbonyl (C=O) groups is 1. The van der Waals surface area contributed by atoms with Crippen molar-refractivity contribution in [1.29, 1.82) is 0 Å². The Hall–Kier alpha value is -2.50. The van der Waals surface area contributed by atoms with Gasteiger partial charge in [-0.2, -0.15) is 0 Å². The summed E-state index contributed by atoms with van der Waals surface area (Å²) in [5, 5.41) is 5.16. The summed E-state index contributed by atoms with van der Waals surface area (Å²) in [5.74, 6) is 0.0537. The molecule has 1 fully saturated rings. The first-order chi connectivity index (χ1) is 10.2. The number of aromatic amines is 2. The Morgan fingerprint density at radius 2 is 1.76 bits per heavy atom. The minimum atomic E-state index is -0.202. The van der Waals surface area contributed by atoms with Gasteiger partial charge in [0.05, 0.1) is 6.42 Å². The minimum absolute atomic E-state index is 0.0537. The number of benzene rings is 1. The maximum Gasteiger partial charge on any atom is 0.264 e. The normalized spacial score (nSPS) is 15.2. The van der Waals surface area contributed by atoms with Crippen molar-refractivity contribution in [3.8, 4) is 0 Å². The molecule has 1 saturated heterocycles. The minimum Gasteiger partial charge on any atom is -0.368 e. The van der Waals surface area contributed by atoms with Crippen LogP contribution in [-0.4, -0.2) is 47.2 Å². The summed E-state index contributed by atoms with van der Waals surface area (Å²) < 4.78 is 0. The lowest BCUT2D eigenvalue weighted by molar-refractivity contribution is -0.130. The van der Waals surface area contributed by atoms with Gasteiger partial charge in [0.2, 0.25) is 5.91 Å². The van der Waals surface area contributed by atoms with Crippen LogP contribution in [0.4, 0.5) is 5.69 Å². The fraction of sp³-hybridized carbons (Fsp3) is 0.333. The van der Waals surface area contributed by atoms with Crippen molar-refractivity contribution in [2.24, 2.45) is 0 Å². The third-order valence-electron chi connectivity index (χ3n) is 3.75. The third-order valence-corrected chi connectivity index (χ3v) is 3.75. The standard InChI is InChI=1S/C15H18N4O2/c20-14-10-12(16-17-14)11-15(21)19-8-6-18(7-9-19)13-4-2-1-3-5-13/h1-5,10H,6-9,11H2,(H2,16,17,20). The molecule has 0 atom stereocenters. The van der Waals surface area contributed by atoms with E-state index in [1.165, 1.54) is 11.8 Å². The van der Waals surface area contributed by atoms with Crippen LogP contribution in [0.1, 0.15) is 5.69 Å². The van der Waals surface area contributed by atoms with Gasteiger partial charge >= 0.3 is 0 Å². The largest absolute Gasteiger partial charge is 0.368 e. The van der Waals surface area contributed by atoms with E-state index in [0.29, 0.717) is 18.8 Å². The van der Waals surface area contributed by atoms with E-state index in [0.717, 1.165) is 13.1 Å². The fourth-order valence-corrected chi connectivity index (χ4v) is 2.60. The van der Waals surface area contributed by atoms with Gasteiger partial charge in [0.1, 0.15) is 0 Å². The molecule has 0 bridgehead atoms. The molecule has 0 radical (unpaired) electrons. The van der Waals surface area contributed by atoms with Crippen molar-refractivity contribution in [2.75, 3.05) is 31.1 Å². The number of rotatable bonds is 3. The highest BCUT2D eigenvalue weighted by Crippen LogP contribution is 2.15. The average molecular weight is 286 g/mol. The lowest BCUT2D eigenvalue weighted by atomic mass is 10.2. The number of H-pyrrole nitrogens is 2. The molecule has 2 aromatic rings. The first-order valence-electron chi connectivity index (χ1n) is 7.07. The van der Waals surface area contributed by atoms with Crippen molar-refractivity contribution in [3.63, 3.8) is 0 Å². The summed E-state index contributed by atoms with van der Waals surface area (Å²) in [6.45, 7) is 3.09. The molecule has 0 saturated carbocycles. The number of amides is 1. The van der Waals surface area contributed by atoms with Crippen LogP contribution in [-0.2, 0) is 11.2 Å². The Balaban J connectivity index is 1.56. The Bertz CT molecular complexity index is 654. The molecule has 2 N–H and O–H groups in total. The predicted molar refractivity (Wildman–Crippen MR) is 80.4 cm³/mol. The van der Waals surface area contributed by atoms with E-state index < -0.39 is 0 Å². The van der Waals surface area contributed by atoms with Gasteiger partial charge in [0, 0.05) is 43.6 Å². The van der Waals surface area contributed by atoms with Gasteiger partial charge < -0.3 is 14.9 Å². The highest BCUT2D eigenvalue weighted by molar-refractivity contribution is 5.78. The molecule has 3 rings (SSSR count). The van der Waals surface area contributed by atoms with Crippen LogP contribution in [0.2, 0.25) is 0 Å². The number of hydrogen-bond acceptors (Lipinski definition) is 3. The quantitative estimate of drug-likeness (QED) is 0.867. The Kier molecular flexibility index (Phi) is 3.77. The van der Waals surface area contributed by atoms with E-state index in [1.54, 1.807) is 0 Å². The van der Waals surface area contributed by atoms with Crippen LogP contribution in [0, 0.1) is 0 Å². The Morgan fingerprint density at radius 1 is 1.05 bits per heavy atom. The molecule has 6 heteroatoms. The first kappa shape index (κ1) is 13.5. The average Bonchev–Trinajstić information content (AvgIpc) is 2.93. The summed E-state index contributed by atoms with van der Waals surface area (Å²) in [5.41, 5.74) is 1.63. The van der Waals surface area contributed by atoms with Gasteiger partial charge in [-0.1, -0.05) is 18.2 Å². The van der Waals surface area contributed by atoms with E-state index in [-0.39, 0.29) is 17.9 Å². The predicted octanol–water partition coefficient (Wildman–Crippen LogP) is 0.594. The van der Waals surface area contributed by atoms with Crippen LogP contribution in [0.15, 0.2) is 41.2 Å². The smallest absolute Gasteiger partial charge is 0.264 e. The van der Waals surface area contributed by atoms with Gasteiger partial charge in [-0.15, -0.1) is 0 Å². The van der Waals surface area contributed by atoms with Crippen LogP contribution in [0.25, 0.3) is 0 Å².